The lowest BCUT2D eigenvalue weighted by Gasteiger charge is -2.23. The molecule has 2 aromatic carbocycles. The molecule has 0 aromatic heterocycles. The molecule has 0 heterocycles. The van der Waals surface area contributed by atoms with Crippen LogP contribution in [-0.2, 0) is 9.53 Å². The summed E-state index contributed by atoms with van der Waals surface area (Å²) in [6, 6.07) is 11.8. The fourth-order valence-electron chi connectivity index (χ4n) is 2.44. The molecule has 2 aromatic rings. The highest BCUT2D eigenvalue weighted by Crippen LogP contribution is 2.23. The standard InChI is InChI=1S/C19H21NO6/c1-24-13-10-8-12(9-11-13)17(21)16(19(23)26-3)20-18(22)14-6-4-5-7-15(14)25-2/h4-11,16-17,21H,1-3H3,(H,20,22). The van der Waals surface area contributed by atoms with E-state index in [9.17, 15) is 14.7 Å². The number of aliphatic hydroxyl groups excluding tert-OH is 1. The van der Waals surface area contributed by atoms with Gasteiger partial charge in [-0.3, -0.25) is 4.79 Å². The second-order valence-corrected chi connectivity index (χ2v) is 5.39. The van der Waals surface area contributed by atoms with Gasteiger partial charge in [-0.05, 0) is 29.8 Å². The van der Waals surface area contributed by atoms with Crippen LogP contribution >= 0.6 is 0 Å². The zero-order valence-corrected chi connectivity index (χ0v) is 14.8. The number of methoxy groups -OCH3 is 3. The molecule has 0 saturated carbocycles. The summed E-state index contributed by atoms with van der Waals surface area (Å²) in [6.45, 7) is 0. The number of rotatable bonds is 7. The third-order valence-electron chi connectivity index (χ3n) is 3.87. The molecule has 2 unspecified atom stereocenters. The van der Waals surface area contributed by atoms with Gasteiger partial charge in [0.1, 0.15) is 17.6 Å². The zero-order valence-electron chi connectivity index (χ0n) is 14.8. The van der Waals surface area contributed by atoms with Crippen molar-refractivity contribution < 1.29 is 28.9 Å². The van der Waals surface area contributed by atoms with Gasteiger partial charge in [0.2, 0.25) is 0 Å². The van der Waals surface area contributed by atoms with Gasteiger partial charge in [-0.25, -0.2) is 4.79 Å². The Morgan fingerprint density at radius 1 is 0.962 bits per heavy atom. The first-order chi connectivity index (χ1) is 12.5. The van der Waals surface area contributed by atoms with Gasteiger partial charge in [0.05, 0.1) is 26.9 Å². The van der Waals surface area contributed by atoms with Crippen molar-refractivity contribution >= 4 is 11.9 Å². The summed E-state index contributed by atoms with van der Waals surface area (Å²) in [7, 11) is 4.15. The molecule has 0 spiro atoms. The van der Waals surface area contributed by atoms with E-state index in [1.165, 1.54) is 21.3 Å². The Morgan fingerprint density at radius 2 is 1.62 bits per heavy atom. The average Bonchev–Trinajstić information content (AvgIpc) is 2.70. The molecular formula is C19H21NO6. The van der Waals surface area contributed by atoms with E-state index in [0.29, 0.717) is 17.1 Å². The van der Waals surface area contributed by atoms with E-state index in [1.807, 2.05) is 0 Å². The molecule has 2 N–H and O–H groups in total. The molecule has 1 amide bonds. The Hall–Kier alpha value is -3.06. The fourth-order valence-corrected chi connectivity index (χ4v) is 2.44. The third kappa shape index (κ3) is 4.31. The van der Waals surface area contributed by atoms with Crippen LogP contribution < -0.4 is 14.8 Å². The first-order valence-corrected chi connectivity index (χ1v) is 7.85. The summed E-state index contributed by atoms with van der Waals surface area (Å²) < 4.78 is 14.9. The van der Waals surface area contributed by atoms with Crippen molar-refractivity contribution in [3.63, 3.8) is 0 Å². The Morgan fingerprint density at radius 3 is 2.19 bits per heavy atom. The van der Waals surface area contributed by atoms with E-state index in [0.717, 1.165) is 0 Å². The van der Waals surface area contributed by atoms with Crippen molar-refractivity contribution in [2.24, 2.45) is 0 Å². The SMILES string of the molecule is COC(=O)C(NC(=O)c1ccccc1OC)C(O)c1ccc(OC)cc1. The van der Waals surface area contributed by atoms with E-state index in [4.69, 9.17) is 14.2 Å². The molecule has 2 atom stereocenters. The molecule has 0 aliphatic rings. The van der Waals surface area contributed by atoms with Crippen LogP contribution in [0.1, 0.15) is 22.0 Å². The lowest BCUT2D eigenvalue weighted by atomic mass is 10.0. The number of nitrogens with one attached hydrogen (secondary N) is 1. The number of hydrogen-bond acceptors (Lipinski definition) is 6. The predicted molar refractivity (Wildman–Crippen MR) is 94.2 cm³/mol. The predicted octanol–water partition coefficient (Wildman–Crippen LogP) is 1.71. The van der Waals surface area contributed by atoms with E-state index >= 15 is 0 Å². The molecule has 0 bridgehead atoms. The lowest BCUT2D eigenvalue weighted by Crippen LogP contribution is -2.45. The number of benzene rings is 2. The van der Waals surface area contributed by atoms with Crippen molar-refractivity contribution in [2.75, 3.05) is 21.3 Å². The number of carbonyl (C=O) groups is 2. The summed E-state index contributed by atoms with van der Waals surface area (Å²) >= 11 is 0. The lowest BCUT2D eigenvalue weighted by molar-refractivity contribution is -0.146. The topological polar surface area (TPSA) is 94.1 Å². The molecule has 0 aliphatic heterocycles. The van der Waals surface area contributed by atoms with Crippen LogP contribution in [0, 0.1) is 0 Å². The molecule has 7 nitrogen and oxygen atoms in total. The molecule has 0 aliphatic carbocycles. The Bertz CT molecular complexity index is 759. The average molecular weight is 359 g/mol. The highest BCUT2D eigenvalue weighted by atomic mass is 16.5. The van der Waals surface area contributed by atoms with Crippen LogP contribution in [0.3, 0.4) is 0 Å². The normalized spacial score (nSPS) is 12.6. The molecule has 2 rings (SSSR count). The second kappa shape index (κ2) is 8.87. The number of ether oxygens (including phenoxy) is 3. The minimum Gasteiger partial charge on any atom is -0.497 e. The van der Waals surface area contributed by atoms with E-state index in [1.54, 1.807) is 48.5 Å². The molecule has 0 radical (unpaired) electrons. The largest absolute Gasteiger partial charge is 0.497 e. The molecule has 26 heavy (non-hydrogen) atoms. The highest BCUT2D eigenvalue weighted by molar-refractivity contribution is 5.99. The van der Waals surface area contributed by atoms with Crippen LogP contribution in [0.5, 0.6) is 11.5 Å². The number of hydrogen-bond donors (Lipinski definition) is 2. The van der Waals surface area contributed by atoms with Crippen LogP contribution in [0.15, 0.2) is 48.5 Å². The van der Waals surface area contributed by atoms with Crippen LogP contribution in [0.4, 0.5) is 0 Å². The summed E-state index contributed by atoms with van der Waals surface area (Å²) in [6.07, 6.45) is -1.30. The van der Waals surface area contributed by atoms with Gasteiger partial charge in [-0.15, -0.1) is 0 Å². The van der Waals surface area contributed by atoms with Gasteiger partial charge in [0.15, 0.2) is 6.04 Å². The highest BCUT2D eigenvalue weighted by Gasteiger charge is 2.31. The van der Waals surface area contributed by atoms with Crippen LogP contribution in [0.25, 0.3) is 0 Å². The summed E-state index contributed by atoms with van der Waals surface area (Å²) in [5.41, 5.74) is 0.673. The van der Waals surface area contributed by atoms with Gasteiger partial charge in [0.25, 0.3) is 5.91 Å². The van der Waals surface area contributed by atoms with E-state index in [2.05, 4.69) is 5.32 Å². The number of amides is 1. The Kier molecular flexibility index (Phi) is 6.57. The molecule has 0 saturated heterocycles. The summed E-state index contributed by atoms with van der Waals surface area (Å²) in [5, 5.41) is 13.1. The maximum atomic E-state index is 12.6. The minimum atomic E-state index is -1.30. The minimum absolute atomic E-state index is 0.242. The van der Waals surface area contributed by atoms with Crippen LogP contribution in [-0.4, -0.2) is 44.4 Å². The number of para-hydroxylation sites is 1. The molecular weight excluding hydrogens is 338 g/mol. The van der Waals surface area contributed by atoms with Crippen molar-refractivity contribution in [1.82, 2.24) is 5.32 Å². The Balaban J connectivity index is 2.26. The third-order valence-corrected chi connectivity index (χ3v) is 3.87. The Labute approximate surface area is 151 Å². The first kappa shape index (κ1) is 19.3. The summed E-state index contributed by atoms with van der Waals surface area (Å²) in [5.74, 6) is -0.372. The van der Waals surface area contributed by atoms with Gasteiger partial charge in [-0.1, -0.05) is 24.3 Å². The molecule has 138 valence electrons. The smallest absolute Gasteiger partial charge is 0.331 e. The monoisotopic (exact) mass is 359 g/mol. The first-order valence-electron chi connectivity index (χ1n) is 7.85. The van der Waals surface area contributed by atoms with Crippen molar-refractivity contribution in [2.45, 2.75) is 12.1 Å². The van der Waals surface area contributed by atoms with Crippen LogP contribution in [0.2, 0.25) is 0 Å². The molecule has 7 heteroatoms. The van der Waals surface area contributed by atoms with Crippen molar-refractivity contribution in [3.05, 3.63) is 59.7 Å². The molecule has 0 fully saturated rings. The second-order valence-electron chi connectivity index (χ2n) is 5.39. The quantitative estimate of drug-likeness (QED) is 0.731. The van der Waals surface area contributed by atoms with E-state index < -0.39 is 24.0 Å². The number of aliphatic hydroxyl groups is 1. The van der Waals surface area contributed by atoms with Crippen molar-refractivity contribution in [1.29, 1.82) is 0 Å². The summed E-state index contributed by atoms with van der Waals surface area (Å²) in [4.78, 5) is 24.7. The van der Waals surface area contributed by atoms with Gasteiger partial charge >= 0.3 is 5.97 Å². The number of carbonyl (C=O) groups excluding carboxylic acids is 2. The van der Waals surface area contributed by atoms with Gasteiger partial charge in [0, 0.05) is 0 Å². The van der Waals surface area contributed by atoms with Gasteiger partial charge in [-0.2, -0.15) is 0 Å². The maximum Gasteiger partial charge on any atom is 0.331 e. The van der Waals surface area contributed by atoms with Crippen molar-refractivity contribution in [3.8, 4) is 11.5 Å². The van der Waals surface area contributed by atoms with Gasteiger partial charge < -0.3 is 24.6 Å². The number of esters is 1. The zero-order chi connectivity index (χ0) is 19.1. The fraction of sp³-hybridized carbons (Fsp3) is 0.263. The van der Waals surface area contributed by atoms with E-state index in [-0.39, 0.29) is 5.56 Å². The maximum absolute atomic E-state index is 12.6.